The molecule has 1 saturated carbocycles. The van der Waals surface area contributed by atoms with Crippen LogP contribution in [0.4, 0.5) is 0 Å². The number of benzene rings is 2. The lowest BCUT2D eigenvalue weighted by Gasteiger charge is -2.21. The lowest BCUT2D eigenvalue weighted by molar-refractivity contribution is 0.332. The van der Waals surface area contributed by atoms with E-state index in [1.54, 1.807) is 16.7 Å². The zero-order chi connectivity index (χ0) is 19.8. The van der Waals surface area contributed by atoms with Crippen LogP contribution in [0.1, 0.15) is 91.2 Å². The van der Waals surface area contributed by atoms with Crippen LogP contribution in [0.2, 0.25) is 0 Å². The topological polar surface area (TPSA) is 0 Å². The lowest BCUT2D eigenvalue weighted by atomic mass is 9.85. The highest BCUT2D eigenvalue weighted by molar-refractivity contribution is 14.0. The van der Waals surface area contributed by atoms with Crippen molar-refractivity contribution in [3.8, 4) is 0 Å². The van der Waals surface area contributed by atoms with Gasteiger partial charge in [-0.05, 0) is 87.5 Å². The van der Waals surface area contributed by atoms with Crippen molar-refractivity contribution in [2.75, 3.05) is 0 Å². The highest BCUT2D eigenvalue weighted by Crippen LogP contribution is 2.28. The van der Waals surface area contributed by atoms with Crippen molar-refractivity contribution in [2.24, 2.45) is 5.92 Å². The first-order valence-electron chi connectivity index (χ1n) is 11.8. The monoisotopic (exact) mass is 504 g/mol. The summed E-state index contributed by atoms with van der Waals surface area (Å²) in [5.74, 6) is 1.04. The summed E-state index contributed by atoms with van der Waals surface area (Å²) in [4.78, 5) is 0. The van der Waals surface area contributed by atoms with Gasteiger partial charge in [0.25, 0.3) is 0 Å². The Morgan fingerprint density at radius 2 is 1.38 bits per heavy atom. The molecule has 0 radical (unpaired) electrons. The second kappa shape index (κ2) is 12.8. The van der Waals surface area contributed by atoms with Crippen LogP contribution in [0.5, 0.6) is 0 Å². The van der Waals surface area contributed by atoms with E-state index in [2.05, 4.69) is 57.2 Å². The van der Waals surface area contributed by atoms with E-state index in [0.29, 0.717) is 0 Å². The van der Waals surface area contributed by atoms with Gasteiger partial charge in [-0.1, -0.05) is 86.1 Å². The maximum Gasteiger partial charge on any atom is -0.0276 e. The fourth-order valence-corrected chi connectivity index (χ4v) is 5.05. The van der Waals surface area contributed by atoms with E-state index in [4.69, 9.17) is 0 Å². The molecule has 0 nitrogen and oxygen atoms in total. The first-order valence-corrected chi connectivity index (χ1v) is 11.8. The third-order valence-electron chi connectivity index (χ3n) is 6.79. The zero-order valence-corrected chi connectivity index (χ0v) is 21.3. The smallest absolute Gasteiger partial charge is 0.0276 e. The van der Waals surface area contributed by atoms with Crippen molar-refractivity contribution >= 4 is 24.0 Å². The maximum atomic E-state index is 2.34. The number of fused-ring (bicyclic) bond motifs is 1. The van der Waals surface area contributed by atoms with Gasteiger partial charge in [-0.15, -0.1) is 24.0 Å². The van der Waals surface area contributed by atoms with Crippen LogP contribution < -0.4 is 0 Å². The summed E-state index contributed by atoms with van der Waals surface area (Å²) >= 11 is 0. The molecule has 0 bridgehead atoms. The maximum absolute atomic E-state index is 2.34. The average molecular weight is 505 g/mol. The van der Waals surface area contributed by atoms with Crippen molar-refractivity contribution in [3.05, 3.63) is 69.8 Å². The fraction of sp³-hybridized carbons (Fsp3) is 0.571. The Kier molecular flexibility index (Phi) is 10.8. The van der Waals surface area contributed by atoms with Crippen LogP contribution in [0.3, 0.4) is 0 Å². The molecule has 0 atom stereocenters. The summed E-state index contributed by atoms with van der Waals surface area (Å²) in [5.41, 5.74) is 9.02. The largest absolute Gasteiger partial charge is 0.107 e. The Balaban J connectivity index is 0.000000217. The van der Waals surface area contributed by atoms with Gasteiger partial charge >= 0.3 is 0 Å². The molecule has 160 valence electrons. The molecule has 2 aromatic carbocycles. The number of hydrogen-bond donors (Lipinski definition) is 0. The Hall–Kier alpha value is -0.830. The van der Waals surface area contributed by atoms with Crippen LogP contribution in [0.15, 0.2) is 36.4 Å². The standard InChI is InChI=1S/C17H26.C11H14.HI/c1-14-11-12-17(15(2)13-14)10-6-9-16-7-4-3-5-8-16;1-9-6-7-10-4-2-3-5-11(10)8-9;/h11-13,16H,3-10H2,1-2H3;6-8H,2-5H2,1H3;1H. The molecular weight excluding hydrogens is 463 g/mol. The van der Waals surface area contributed by atoms with Crippen molar-refractivity contribution in [1.29, 1.82) is 0 Å². The number of halogens is 1. The molecule has 0 heterocycles. The van der Waals surface area contributed by atoms with Gasteiger partial charge in [0.15, 0.2) is 0 Å². The molecule has 29 heavy (non-hydrogen) atoms. The van der Waals surface area contributed by atoms with Crippen molar-refractivity contribution in [2.45, 2.75) is 97.8 Å². The van der Waals surface area contributed by atoms with E-state index < -0.39 is 0 Å². The van der Waals surface area contributed by atoms with Crippen molar-refractivity contribution < 1.29 is 0 Å². The molecule has 0 unspecified atom stereocenters. The Labute approximate surface area is 196 Å². The molecule has 1 heteroatoms. The quantitative estimate of drug-likeness (QED) is 0.365. The predicted molar refractivity (Wildman–Crippen MR) is 139 cm³/mol. The Morgan fingerprint density at radius 3 is 2.10 bits per heavy atom. The molecule has 2 aliphatic carbocycles. The molecule has 1 fully saturated rings. The predicted octanol–water partition coefficient (Wildman–Crippen LogP) is 8.70. The highest BCUT2D eigenvalue weighted by Gasteiger charge is 2.13. The second-order valence-corrected chi connectivity index (χ2v) is 9.31. The summed E-state index contributed by atoms with van der Waals surface area (Å²) in [6, 6.07) is 13.8. The first kappa shape index (κ1) is 24.4. The highest BCUT2D eigenvalue weighted by atomic mass is 127. The zero-order valence-electron chi connectivity index (χ0n) is 18.9. The van der Waals surface area contributed by atoms with E-state index in [1.165, 1.54) is 93.7 Å². The van der Waals surface area contributed by atoms with Gasteiger partial charge in [0.2, 0.25) is 0 Å². The molecular formula is C28H41I. The number of aryl methyl sites for hydroxylation is 6. The van der Waals surface area contributed by atoms with E-state index >= 15 is 0 Å². The molecule has 2 aliphatic rings. The SMILES string of the molecule is Cc1ccc(CCCC2CCCCC2)c(C)c1.Cc1ccc2c(c1)CCCC2.I. The molecule has 4 rings (SSSR count). The minimum atomic E-state index is 0. The summed E-state index contributed by atoms with van der Waals surface area (Å²) < 4.78 is 0. The first-order chi connectivity index (χ1) is 13.6. The molecule has 0 spiro atoms. The third-order valence-corrected chi connectivity index (χ3v) is 6.79. The molecule has 0 aromatic heterocycles. The normalized spacial score (nSPS) is 16.2. The van der Waals surface area contributed by atoms with Gasteiger partial charge in [0.1, 0.15) is 0 Å². The second-order valence-electron chi connectivity index (χ2n) is 9.31. The fourth-order valence-electron chi connectivity index (χ4n) is 5.05. The van der Waals surface area contributed by atoms with Crippen molar-refractivity contribution in [1.82, 2.24) is 0 Å². The van der Waals surface area contributed by atoms with Crippen molar-refractivity contribution in [3.63, 3.8) is 0 Å². The molecule has 0 aliphatic heterocycles. The molecule has 0 amide bonds. The summed E-state index contributed by atoms with van der Waals surface area (Å²) in [7, 11) is 0. The van der Waals surface area contributed by atoms with Crippen LogP contribution in [-0.2, 0) is 19.3 Å². The molecule has 0 N–H and O–H groups in total. The third kappa shape index (κ3) is 8.07. The summed E-state index contributed by atoms with van der Waals surface area (Å²) in [6.45, 7) is 6.61. The van der Waals surface area contributed by atoms with Gasteiger partial charge in [-0.2, -0.15) is 0 Å². The molecule has 0 saturated heterocycles. The van der Waals surface area contributed by atoms with Crippen LogP contribution in [-0.4, -0.2) is 0 Å². The van der Waals surface area contributed by atoms with E-state index in [1.807, 2.05) is 0 Å². The van der Waals surface area contributed by atoms with E-state index in [0.717, 1.165) is 5.92 Å². The van der Waals surface area contributed by atoms with Gasteiger partial charge < -0.3 is 0 Å². The van der Waals surface area contributed by atoms with Gasteiger partial charge in [0, 0.05) is 0 Å². The van der Waals surface area contributed by atoms with Crippen LogP contribution in [0, 0.1) is 26.7 Å². The van der Waals surface area contributed by atoms with Crippen LogP contribution in [0.25, 0.3) is 0 Å². The average Bonchev–Trinajstić information content (AvgIpc) is 2.71. The lowest BCUT2D eigenvalue weighted by Crippen LogP contribution is -2.06. The number of hydrogen-bond acceptors (Lipinski definition) is 0. The Morgan fingerprint density at radius 1 is 0.724 bits per heavy atom. The summed E-state index contributed by atoms with van der Waals surface area (Å²) in [6.07, 6.45) is 16.9. The van der Waals surface area contributed by atoms with Gasteiger partial charge in [-0.25, -0.2) is 0 Å². The minimum Gasteiger partial charge on any atom is -0.107 e. The van der Waals surface area contributed by atoms with Gasteiger partial charge in [0.05, 0.1) is 0 Å². The van der Waals surface area contributed by atoms with E-state index in [9.17, 15) is 0 Å². The van der Waals surface area contributed by atoms with Gasteiger partial charge in [-0.3, -0.25) is 0 Å². The molecule has 2 aromatic rings. The Bertz CT molecular complexity index is 740. The minimum absolute atomic E-state index is 0. The summed E-state index contributed by atoms with van der Waals surface area (Å²) in [5, 5.41) is 0. The number of rotatable bonds is 4. The van der Waals surface area contributed by atoms with E-state index in [-0.39, 0.29) is 24.0 Å². The van der Waals surface area contributed by atoms with Crippen LogP contribution >= 0.6 is 24.0 Å².